The molecule has 2 aliphatic rings. The summed E-state index contributed by atoms with van der Waals surface area (Å²) >= 11 is 1.82. The van der Waals surface area contributed by atoms with Gasteiger partial charge in [-0.3, -0.25) is 19.6 Å². The van der Waals surface area contributed by atoms with Crippen molar-refractivity contribution < 1.29 is 4.79 Å². The van der Waals surface area contributed by atoms with E-state index in [9.17, 15) is 4.79 Å². The number of nitrogens with zero attached hydrogens (tertiary/aromatic N) is 4. The van der Waals surface area contributed by atoms with Crippen LogP contribution in [0.2, 0.25) is 0 Å². The molecule has 25 heavy (non-hydrogen) atoms. The van der Waals surface area contributed by atoms with Gasteiger partial charge in [-0.05, 0) is 35.6 Å². The van der Waals surface area contributed by atoms with Gasteiger partial charge in [-0.15, -0.1) is 11.3 Å². The van der Waals surface area contributed by atoms with Crippen LogP contribution in [0.1, 0.15) is 16.1 Å². The van der Waals surface area contributed by atoms with Gasteiger partial charge in [-0.2, -0.15) is 0 Å². The molecule has 2 aromatic rings. The molecule has 1 amide bonds. The molecule has 0 saturated carbocycles. The Hall–Kier alpha value is -1.76. The Labute approximate surface area is 152 Å². The van der Waals surface area contributed by atoms with Crippen LogP contribution in [0.4, 0.5) is 0 Å². The summed E-state index contributed by atoms with van der Waals surface area (Å²) in [4.78, 5) is 25.2. The summed E-state index contributed by atoms with van der Waals surface area (Å²) < 4.78 is 0. The molecule has 0 bridgehead atoms. The van der Waals surface area contributed by atoms with Gasteiger partial charge in [-0.1, -0.05) is 6.07 Å². The van der Waals surface area contributed by atoms with Crippen molar-refractivity contribution in [3.8, 4) is 0 Å². The average Bonchev–Trinajstić information content (AvgIpc) is 3.12. The predicted octanol–water partition coefficient (Wildman–Crippen LogP) is 1.85. The summed E-state index contributed by atoms with van der Waals surface area (Å²) in [5, 5.41) is 2.14. The summed E-state index contributed by atoms with van der Waals surface area (Å²) in [5.41, 5.74) is 2.46. The second kappa shape index (κ2) is 7.64. The van der Waals surface area contributed by atoms with Gasteiger partial charge >= 0.3 is 0 Å². The molecule has 4 heterocycles. The van der Waals surface area contributed by atoms with E-state index in [0.29, 0.717) is 6.54 Å². The Morgan fingerprint density at radius 3 is 2.72 bits per heavy atom. The summed E-state index contributed by atoms with van der Waals surface area (Å²) in [5.74, 6) is 0.273. The van der Waals surface area contributed by atoms with Crippen molar-refractivity contribution in [1.29, 1.82) is 0 Å². The minimum absolute atomic E-state index is 0.273. The molecule has 5 nitrogen and oxygen atoms in total. The second-order valence-electron chi connectivity index (χ2n) is 6.81. The Bertz CT molecular complexity index is 709. The minimum Gasteiger partial charge on any atom is -0.337 e. The average molecular weight is 356 g/mol. The first kappa shape index (κ1) is 16.7. The molecule has 0 aliphatic carbocycles. The Balaban J connectivity index is 1.24. The number of pyridine rings is 1. The number of carbonyl (C=O) groups is 1. The third-order valence-corrected chi connectivity index (χ3v) is 6.12. The maximum absolute atomic E-state index is 12.6. The first-order valence-electron chi connectivity index (χ1n) is 8.95. The molecular weight excluding hydrogens is 332 g/mol. The fourth-order valence-electron chi connectivity index (χ4n) is 3.58. The van der Waals surface area contributed by atoms with Crippen molar-refractivity contribution in [3.63, 3.8) is 0 Å². The zero-order valence-corrected chi connectivity index (χ0v) is 15.2. The molecule has 0 spiro atoms. The van der Waals surface area contributed by atoms with Crippen LogP contribution < -0.4 is 0 Å². The number of fused-ring (bicyclic) bond motifs is 1. The number of rotatable bonds is 4. The van der Waals surface area contributed by atoms with E-state index < -0.39 is 0 Å². The van der Waals surface area contributed by atoms with E-state index >= 15 is 0 Å². The van der Waals surface area contributed by atoms with Gasteiger partial charge in [0.05, 0.1) is 12.2 Å². The molecule has 0 atom stereocenters. The van der Waals surface area contributed by atoms with E-state index in [4.69, 9.17) is 0 Å². The quantitative estimate of drug-likeness (QED) is 0.838. The van der Waals surface area contributed by atoms with Crippen LogP contribution in [-0.4, -0.2) is 64.9 Å². The number of hydrogen-bond donors (Lipinski definition) is 0. The number of hydrogen-bond acceptors (Lipinski definition) is 5. The molecule has 0 aromatic carbocycles. The first-order chi connectivity index (χ1) is 12.3. The molecule has 132 valence electrons. The van der Waals surface area contributed by atoms with Crippen LogP contribution in [-0.2, 0) is 24.3 Å². The third-order valence-electron chi connectivity index (χ3n) is 5.10. The molecule has 0 unspecified atom stereocenters. The summed E-state index contributed by atoms with van der Waals surface area (Å²) in [6, 6.07) is 8.22. The molecule has 2 aromatic heterocycles. The van der Waals surface area contributed by atoms with E-state index in [1.807, 2.05) is 34.6 Å². The minimum atomic E-state index is 0.273. The second-order valence-corrected chi connectivity index (χ2v) is 7.81. The van der Waals surface area contributed by atoms with Gasteiger partial charge in [0.15, 0.2) is 0 Å². The summed E-state index contributed by atoms with van der Waals surface area (Å²) in [6.07, 6.45) is 2.86. The normalized spacial score (nSPS) is 19.0. The van der Waals surface area contributed by atoms with Crippen LogP contribution in [0.15, 0.2) is 35.8 Å². The highest BCUT2D eigenvalue weighted by atomic mass is 32.1. The first-order valence-corrected chi connectivity index (χ1v) is 9.83. The van der Waals surface area contributed by atoms with Crippen molar-refractivity contribution in [2.75, 3.05) is 39.3 Å². The maximum Gasteiger partial charge on any atom is 0.237 e. The van der Waals surface area contributed by atoms with E-state index in [1.54, 1.807) is 0 Å². The zero-order valence-electron chi connectivity index (χ0n) is 14.4. The van der Waals surface area contributed by atoms with E-state index in [2.05, 4.69) is 32.3 Å². The number of thiophene rings is 1. The lowest BCUT2D eigenvalue weighted by Crippen LogP contribution is -2.50. The molecular formula is C19H24N4OS. The van der Waals surface area contributed by atoms with Crippen molar-refractivity contribution in [2.45, 2.75) is 19.5 Å². The smallest absolute Gasteiger partial charge is 0.237 e. The van der Waals surface area contributed by atoms with Crippen LogP contribution in [0.5, 0.6) is 0 Å². The zero-order chi connectivity index (χ0) is 17.1. The maximum atomic E-state index is 12.6. The largest absolute Gasteiger partial charge is 0.337 e. The number of amides is 1. The fourth-order valence-corrected chi connectivity index (χ4v) is 4.47. The highest BCUT2D eigenvalue weighted by molar-refractivity contribution is 7.10. The predicted molar refractivity (Wildman–Crippen MR) is 99.4 cm³/mol. The number of carbonyl (C=O) groups excluding carboxylic acids is 1. The van der Waals surface area contributed by atoms with E-state index in [1.165, 1.54) is 10.4 Å². The Morgan fingerprint density at radius 1 is 1.08 bits per heavy atom. The molecule has 1 saturated heterocycles. The summed E-state index contributed by atoms with van der Waals surface area (Å²) in [7, 11) is 0. The molecule has 1 fully saturated rings. The van der Waals surface area contributed by atoms with E-state index in [-0.39, 0.29) is 5.91 Å². The van der Waals surface area contributed by atoms with Crippen molar-refractivity contribution >= 4 is 17.2 Å². The van der Waals surface area contributed by atoms with Gasteiger partial charge in [0.2, 0.25) is 5.91 Å². The molecule has 2 aliphatic heterocycles. The van der Waals surface area contributed by atoms with Gasteiger partial charge < -0.3 is 4.90 Å². The van der Waals surface area contributed by atoms with Crippen molar-refractivity contribution in [3.05, 3.63) is 52.0 Å². The third kappa shape index (κ3) is 4.08. The molecule has 6 heteroatoms. The Kier molecular flexibility index (Phi) is 5.10. The summed E-state index contributed by atoms with van der Waals surface area (Å²) in [6.45, 7) is 7.01. The van der Waals surface area contributed by atoms with Gasteiger partial charge in [0.25, 0.3) is 0 Å². The topological polar surface area (TPSA) is 39.7 Å². The van der Waals surface area contributed by atoms with Gasteiger partial charge in [0, 0.05) is 56.9 Å². The number of aromatic nitrogens is 1. The lowest BCUT2D eigenvalue weighted by atomic mass is 10.1. The van der Waals surface area contributed by atoms with Crippen molar-refractivity contribution in [1.82, 2.24) is 19.7 Å². The van der Waals surface area contributed by atoms with Crippen LogP contribution in [0.3, 0.4) is 0 Å². The molecule has 0 N–H and O–H groups in total. The lowest BCUT2D eigenvalue weighted by Gasteiger charge is -2.35. The Morgan fingerprint density at radius 2 is 1.92 bits per heavy atom. The molecule has 4 rings (SSSR count). The monoisotopic (exact) mass is 356 g/mol. The van der Waals surface area contributed by atoms with Crippen LogP contribution in [0, 0.1) is 0 Å². The van der Waals surface area contributed by atoms with Gasteiger partial charge in [-0.25, -0.2) is 0 Å². The standard InChI is InChI=1S/C19H24N4OS/c24-19(23-7-4-18-16(13-23)5-12-25-18)15-22-10-8-21(9-11-22)14-17-3-1-2-6-20-17/h1-3,5-6,12H,4,7-11,13-15H2. The molecule has 0 radical (unpaired) electrons. The lowest BCUT2D eigenvalue weighted by molar-refractivity contribution is -0.133. The number of piperazine rings is 1. The fraction of sp³-hybridized carbons (Fsp3) is 0.474. The SMILES string of the molecule is O=C(CN1CCN(Cc2ccccn2)CC1)N1CCc2sccc2C1. The van der Waals surface area contributed by atoms with E-state index in [0.717, 1.165) is 57.9 Å². The van der Waals surface area contributed by atoms with Crippen LogP contribution in [0.25, 0.3) is 0 Å². The van der Waals surface area contributed by atoms with Gasteiger partial charge in [0.1, 0.15) is 0 Å². The highest BCUT2D eigenvalue weighted by Gasteiger charge is 2.25. The van der Waals surface area contributed by atoms with Crippen molar-refractivity contribution in [2.24, 2.45) is 0 Å². The van der Waals surface area contributed by atoms with Crippen LogP contribution >= 0.6 is 11.3 Å². The highest BCUT2D eigenvalue weighted by Crippen LogP contribution is 2.24.